The summed E-state index contributed by atoms with van der Waals surface area (Å²) in [4.78, 5) is 45.9. The summed E-state index contributed by atoms with van der Waals surface area (Å²) >= 11 is 0. The Morgan fingerprint density at radius 2 is 1.90 bits per heavy atom. The van der Waals surface area contributed by atoms with E-state index in [9.17, 15) is 14.4 Å². The number of rotatable bonds is 4. The van der Waals surface area contributed by atoms with Crippen molar-refractivity contribution in [1.82, 2.24) is 9.97 Å². The molecule has 3 aromatic rings. The monoisotopic (exact) mass is 391 g/mol. The van der Waals surface area contributed by atoms with Gasteiger partial charge in [-0.3, -0.25) is 14.4 Å². The van der Waals surface area contributed by atoms with Crippen molar-refractivity contribution in [3.05, 3.63) is 70.3 Å². The minimum Gasteiger partial charge on any atom is -0.454 e. The van der Waals surface area contributed by atoms with Crippen LogP contribution in [0.5, 0.6) is 0 Å². The SMILES string of the molecule is Cc1ccc(N2C[C@@H](C(=O)O[C@H](C)c3nc4ccccc4c(=O)[nH]3)CC2=O)cc1. The highest BCUT2D eigenvalue weighted by Gasteiger charge is 2.37. The zero-order valence-electron chi connectivity index (χ0n) is 16.2. The second-order valence-corrected chi connectivity index (χ2v) is 7.29. The van der Waals surface area contributed by atoms with Gasteiger partial charge >= 0.3 is 5.97 Å². The summed E-state index contributed by atoms with van der Waals surface area (Å²) in [5, 5.41) is 0.477. The van der Waals surface area contributed by atoms with Gasteiger partial charge in [-0.1, -0.05) is 29.8 Å². The van der Waals surface area contributed by atoms with Gasteiger partial charge in [0.15, 0.2) is 11.9 Å². The van der Waals surface area contributed by atoms with Gasteiger partial charge in [-0.25, -0.2) is 4.98 Å². The van der Waals surface area contributed by atoms with Crippen LogP contribution in [-0.2, 0) is 14.3 Å². The topological polar surface area (TPSA) is 92.4 Å². The maximum atomic E-state index is 12.6. The lowest BCUT2D eigenvalue weighted by Gasteiger charge is -2.18. The van der Waals surface area contributed by atoms with E-state index in [0.717, 1.165) is 11.3 Å². The third-order valence-corrected chi connectivity index (χ3v) is 5.11. The molecular weight excluding hydrogens is 370 g/mol. The Morgan fingerprint density at radius 3 is 2.66 bits per heavy atom. The van der Waals surface area contributed by atoms with Crippen molar-refractivity contribution in [2.24, 2.45) is 5.92 Å². The summed E-state index contributed by atoms with van der Waals surface area (Å²) in [6.45, 7) is 3.90. The fourth-order valence-electron chi connectivity index (χ4n) is 3.46. The molecule has 7 heteroatoms. The first-order chi connectivity index (χ1) is 13.9. The smallest absolute Gasteiger partial charge is 0.311 e. The van der Waals surface area contributed by atoms with Crippen molar-refractivity contribution in [3.8, 4) is 0 Å². The van der Waals surface area contributed by atoms with Gasteiger partial charge in [0.05, 0.1) is 16.8 Å². The molecule has 0 bridgehead atoms. The first kappa shape index (κ1) is 18.9. The van der Waals surface area contributed by atoms with Crippen molar-refractivity contribution in [2.75, 3.05) is 11.4 Å². The standard InChI is InChI=1S/C22H21N3O4/c1-13-7-9-16(10-8-13)25-12-15(11-19(25)26)22(28)29-14(2)20-23-18-6-4-3-5-17(18)21(27)24-20/h3-10,14-15H,11-12H2,1-2H3,(H,23,24,27)/t14-,15+/m1/s1. The Kier molecular flexibility index (Phi) is 4.88. The molecule has 7 nitrogen and oxygen atoms in total. The number of nitrogens with one attached hydrogen (secondary N) is 1. The zero-order valence-corrected chi connectivity index (χ0v) is 16.2. The van der Waals surface area contributed by atoms with Gasteiger partial charge in [-0.05, 0) is 38.1 Å². The lowest BCUT2D eigenvalue weighted by molar-refractivity contribution is -0.153. The predicted molar refractivity (Wildman–Crippen MR) is 109 cm³/mol. The van der Waals surface area contributed by atoms with E-state index in [-0.39, 0.29) is 30.3 Å². The number of carbonyl (C=O) groups excluding carboxylic acids is 2. The van der Waals surface area contributed by atoms with Crippen molar-refractivity contribution in [3.63, 3.8) is 0 Å². The third-order valence-electron chi connectivity index (χ3n) is 5.11. The van der Waals surface area contributed by atoms with Crippen LogP contribution in [0.2, 0.25) is 0 Å². The molecule has 148 valence electrons. The normalized spacial score (nSPS) is 17.5. The summed E-state index contributed by atoms with van der Waals surface area (Å²) in [5.41, 5.74) is 2.12. The number of nitrogens with zero attached hydrogens (tertiary/aromatic N) is 2. The molecule has 0 unspecified atom stereocenters. The number of aromatic nitrogens is 2. The molecule has 1 aromatic heterocycles. The lowest BCUT2D eigenvalue weighted by atomic mass is 10.1. The number of carbonyl (C=O) groups is 2. The molecule has 0 aliphatic carbocycles. The van der Waals surface area contributed by atoms with Gasteiger partial charge in [0.1, 0.15) is 0 Å². The highest BCUT2D eigenvalue weighted by Crippen LogP contribution is 2.27. The molecule has 4 rings (SSSR count). The molecule has 1 aliphatic rings. The van der Waals surface area contributed by atoms with Crippen LogP contribution in [0.3, 0.4) is 0 Å². The van der Waals surface area contributed by atoms with Crippen LogP contribution in [0.25, 0.3) is 10.9 Å². The van der Waals surface area contributed by atoms with Crippen LogP contribution in [0.15, 0.2) is 53.3 Å². The van der Waals surface area contributed by atoms with Gasteiger partial charge in [-0.2, -0.15) is 0 Å². The number of ether oxygens (including phenoxy) is 1. The highest BCUT2D eigenvalue weighted by molar-refractivity contribution is 5.99. The van der Waals surface area contributed by atoms with E-state index < -0.39 is 18.0 Å². The van der Waals surface area contributed by atoms with Crippen molar-refractivity contribution in [1.29, 1.82) is 0 Å². The van der Waals surface area contributed by atoms with Gasteiger partial charge in [0, 0.05) is 18.7 Å². The number of aromatic amines is 1. The molecule has 2 atom stereocenters. The van der Waals surface area contributed by atoms with Crippen LogP contribution < -0.4 is 10.5 Å². The summed E-state index contributed by atoms with van der Waals surface area (Å²) in [7, 11) is 0. The fourth-order valence-corrected chi connectivity index (χ4v) is 3.46. The number of hydrogen-bond donors (Lipinski definition) is 1. The number of aryl methyl sites for hydroxylation is 1. The third kappa shape index (κ3) is 3.76. The summed E-state index contributed by atoms with van der Waals surface area (Å²) in [5.74, 6) is -0.864. The Balaban J connectivity index is 1.47. The largest absolute Gasteiger partial charge is 0.454 e. The van der Waals surface area contributed by atoms with Crippen LogP contribution in [-0.4, -0.2) is 28.4 Å². The van der Waals surface area contributed by atoms with E-state index in [2.05, 4.69) is 9.97 Å². The molecule has 0 spiro atoms. The van der Waals surface area contributed by atoms with E-state index in [1.54, 1.807) is 36.1 Å². The minimum absolute atomic E-state index is 0.0983. The Morgan fingerprint density at radius 1 is 1.17 bits per heavy atom. The average Bonchev–Trinajstić information content (AvgIpc) is 3.10. The first-order valence-electron chi connectivity index (χ1n) is 9.49. The van der Waals surface area contributed by atoms with Crippen LogP contribution in [0.4, 0.5) is 5.69 Å². The number of benzene rings is 2. The second kappa shape index (κ2) is 7.50. The Hall–Kier alpha value is -3.48. The quantitative estimate of drug-likeness (QED) is 0.691. The predicted octanol–water partition coefficient (Wildman–Crippen LogP) is 2.89. The number of amides is 1. The van der Waals surface area contributed by atoms with Gasteiger partial charge < -0.3 is 14.6 Å². The number of fused-ring (bicyclic) bond motifs is 1. The molecule has 29 heavy (non-hydrogen) atoms. The average molecular weight is 391 g/mol. The molecule has 1 aliphatic heterocycles. The van der Waals surface area contributed by atoms with Gasteiger partial charge in [-0.15, -0.1) is 0 Å². The summed E-state index contributed by atoms with van der Waals surface area (Å²) in [6.07, 6.45) is -0.635. The fraction of sp³-hybridized carbons (Fsp3) is 0.273. The molecule has 0 saturated carbocycles. The van der Waals surface area contributed by atoms with Crippen LogP contribution in [0.1, 0.15) is 30.8 Å². The molecule has 2 heterocycles. The van der Waals surface area contributed by atoms with Crippen molar-refractivity contribution in [2.45, 2.75) is 26.4 Å². The van der Waals surface area contributed by atoms with Crippen molar-refractivity contribution >= 4 is 28.5 Å². The molecule has 1 amide bonds. The molecule has 0 radical (unpaired) electrons. The van der Waals surface area contributed by atoms with Gasteiger partial charge in [0.2, 0.25) is 5.91 Å². The molecule has 1 N–H and O–H groups in total. The van der Waals surface area contributed by atoms with Crippen LogP contribution in [0, 0.1) is 12.8 Å². The lowest BCUT2D eigenvalue weighted by Crippen LogP contribution is -2.27. The van der Waals surface area contributed by atoms with E-state index >= 15 is 0 Å². The van der Waals surface area contributed by atoms with E-state index in [0.29, 0.717) is 10.9 Å². The highest BCUT2D eigenvalue weighted by atomic mass is 16.5. The molecular formula is C22H21N3O4. The Bertz CT molecular complexity index is 1140. The first-order valence-corrected chi connectivity index (χ1v) is 9.49. The van der Waals surface area contributed by atoms with E-state index in [4.69, 9.17) is 4.74 Å². The number of H-pyrrole nitrogens is 1. The number of esters is 1. The van der Waals surface area contributed by atoms with Gasteiger partial charge in [0.25, 0.3) is 5.56 Å². The van der Waals surface area contributed by atoms with E-state index in [1.807, 2.05) is 31.2 Å². The minimum atomic E-state index is -0.733. The van der Waals surface area contributed by atoms with Crippen molar-refractivity contribution < 1.29 is 14.3 Å². The number of hydrogen-bond acceptors (Lipinski definition) is 5. The summed E-state index contributed by atoms with van der Waals surface area (Å²) in [6, 6.07) is 14.6. The molecule has 1 saturated heterocycles. The maximum absolute atomic E-state index is 12.6. The number of para-hydroxylation sites is 1. The summed E-state index contributed by atoms with van der Waals surface area (Å²) < 4.78 is 5.53. The van der Waals surface area contributed by atoms with Crippen LogP contribution >= 0.6 is 0 Å². The number of anilines is 1. The zero-order chi connectivity index (χ0) is 20.5. The van der Waals surface area contributed by atoms with E-state index in [1.165, 1.54) is 0 Å². The second-order valence-electron chi connectivity index (χ2n) is 7.29. The molecule has 2 aromatic carbocycles. The Labute approximate surface area is 167 Å². The molecule has 1 fully saturated rings. The maximum Gasteiger partial charge on any atom is 0.311 e.